The number of hydrogen-bond acceptors (Lipinski definition) is 4. The van der Waals surface area contributed by atoms with Gasteiger partial charge in [-0.3, -0.25) is 0 Å². The molecule has 1 amide bonds. The van der Waals surface area contributed by atoms with Gasteiger partial charge >= 0.3 is 6.09 Å². The van der Waals surface area contributed by atoms with Gasteiger partial charge < -0.3 is 19.1 Å². The Balaban J connectivity index is 1.59. The fraction of sp³-hybridized carbons (Fsp3) is 0.417. The molecule has 3 aromatic rings. The van der Waals surface area contributed by atoms with E-state index in [1.165, 1.54) is 12.1 Å². The van der Waals surface area contributed by atoms with E-state index in [-0.39, 0.29) is 11.9 Å². The lowest BCUT2D eigenvalue weighted by atomic mass is 10.2. The molecule has 4 rings (SSSR count). The van der Waals surface area contributed by atoms with Crippen LogP contribution in [0.4, 0.5) is 15.1 Å². The average Bonchev–Trinajstić information content (AvgIpc) is 2.90. The van der Waals surface area contributed by atoms with Gasteiger partial charge in [0.15, 0.2) is 0 Å². The fourth-order valence-corrected chi connectivity index (χ4v) is 3.86. The summed E-state index contributed by atoms with van der Waals surface area (Å²) in [6.45, 7) is 8.95. The number of hydrogen-bond donors (Lipinski definition) is 0. The maximum absolute atomic E-state index is 13.4. The van der Waals surface area contributed by atoms with Crippen LogP contribution in [0.1, 0.15) is 32.8 Å². The molecule has 6 nitrogen and oxygen atoms in total. The van der Waals surface area contributed by atoms with Crippen LogP contribution in [-0.4, -0.2) is 52.3 Å². The van der Waals surface area contributed by atoms with Crippen molar-refractivity contribution in [3.05, 3.63) is 59.9 Å². The van der Waals surface area contributed by atoms with Crippen LogP contribution < -0.4 is 4.90 Å². The Morgan fingerprint density at radius 2 is 1.77 bits per heavy atom. The standard InChI is InChI=1S/C24H29FN4O2/c1-24(2,3)31-23(30)28-14-6-13-27(15-16-28)22-26-20-7-4-5-8-21(20)29(22)17-18-9-11-19(25)12-10-18/h4-5,7-12H,6,13-17H2,1-3H3. The molecule has 0 aliphatic carbocycles. The third-order valence-electron chi connectivity index (χ3n) is 5.32. The van der Waals surface area contributed by atoms with E-state index >= 15 is 0 Å². The summed E-state index contributed by atoms with van der Waals surface area (Å²) in [5.41, 5.74) is 2.46. The van der Waals surface area contributed by atoms with E-state index in [0.29, 0.717) is 26.2 Å². The van der Waals surface area contributed by atoms with Gasteiger partial charge in [-0.1, -0.05) is 24.3 Å². The molecule has 2 aromatic carbocycles. The minimum Gasteiger partial charge on any atom is -0.444 e. The molecule has 0 atom stereocenters. The molecule has 0 radical (unpaired) electrons. The number of nitrogens with zero attached hydrogens (tertiary/aromatic N) is 4. The molecule has 0 saturated carbocycles. The first-order valence-electron chi connectivity index (χ1n) is 10.7. The van der Waals surface area contributed by atoms with E-state index in [4.69, 9.17) is 9.72 Å². The highest BCUT2D eigenvalue weighted by atomic mass is 19.1. The van der Waals surface area contributed by atoms with Crippen LogP contribution in [0.15, 0.2) is 48.5 Å². The van der Waals surface area contributed by atoms with Crippen molar-refractivity contribution in [3.8, 4) is 0 Å². The van der Waals surface area contributed by atoms with E-state index < -0.39 is 5.60 Å². The first-order valence-corrected chi connectivity index (χ1v) is 10.7. The second-order valence-corrected chi connectivity index (χ2v) is 8.92. The molecule has 7 heteroatoms. The number of ether oxygens (including phenoxy) is 1. The number of carbonyl (C=O) groups excluding carboxylic acids is 1. The van der Waals surface area contributed by atoms with E-state index in [0.717, 1.165) is 35.5 Å². The summed E-state index contributed by atoms with van der Waals surface area (Å²) >= 11 is 0. The van der Waals surface area contributed by atoms with Gasteiger partial charge in [-0.25, -0.2) is 14.2 Å². The Labute approximate surface area is 182 Å². The van der Waals surface area contributed by atoms with Crippen LogP contribution >= 0.6 is 0 Å². The molecule has 164 valence electrons. The van der Waals surface area contributed by atoms with E-state index in [1.54, 1.807) is 17.0 Å². The normalized spacial score (nSPS) is 15.2. The number of amides is 1. The van der Waals surface area contributed by atoms with Gasteiger partial charge in [0.05, 0.1) is 17.6 Å². The third-order valence-corrected chi connectivity index (χ3v) is 5.32. The smallest absolute Gasteiger partial charge is 0.410 e. The number of benzene rings is 2. The maximum atomic E-state index is 13.4. The molecule has 0 bridgehead atoms. The fourth-order valence-electron chi connectivity index (χ4n) is 3.86. The predicted octanol–water partition coefficient (Wildman–Crippen LogP) is 4.67. The Morgan fingerprint density at radius 3 is 2.52 bits per heavy atom. The Morgan fingerprint density at radius 1 is 1.03 bits per heavy atom. The second-order valence-electron chi connectivity index (χ2n) is 8.92. The number of anilines is 1. The molecule has 1 aliphatic heterocycles. The molecule has 0 unspecified atom stereocenters. The lowest BCUT2D eigenvalue weighted by Gasteiger charge is -2.27. The zero-order valence-corrected chi connectivity index (χ0v) is 18.3. The van der Waals surface area contributed by atoms with Crippen molar-refractivity contribution >= 4 is 23.1 Å². The zero-order chi connectivity index (χ0) is 22.0. The summed E-state index contributed by atoms with van der Waals surface area (Å²) in [7, 11) is 0. The Kier molecular flexibility index (Phi) is 5.85. The highest BCUT2D eigenvalue weighted by Gasteiger charge is 2.26. The minimum absolute atomic E-state index is 0.241. The number of rotatable bonds is 3. The molecular formula is C24H29FN4O2. The van der Waals surface area contributed by atoms with Crippen LogP contribution in [0.25, 0.3) is 11.0 Å². The van der Waals surface area contributed by atoms with E-state index in [2.05, 4.69) is 15.5 Å². The highest BCUT2D eigenvalue weighted by Crippen LogP contribution is 2.25. The molecule has 0 spiro atoms. The van der Waals surface area contributed by atoms with Gasteiger partial charge in [-0.05, 0) is 57.0 Å². The second kappa shape index (κ2) is 8.57. The maximum Gasteiger partial charge on any atom is 0.410 e. The quantitative estimate of drug-likeness (QED) is 0.613. The number of carbonyl (C=O) groups is 1. The zero-order valence-electron chi connectivity index (χ0n) is 18.3. The summed E-state index contributed by atoms with van der Waals surface area (Å²) in [6.07, 6.45) is 0.563. The van der Waals surface area contributed by atoms with Crippen molar-refractivity contribution < 1.29 is 13.9 Å². The minimum atomic E-state index is -0.508. The van der Waals surface area contributed by atoms with Crippen molar-refractivity contribution in [2.24, 2.45) is 0 Å². The molecular weight excluding hydrogens is 395 g/mol. The Bertz CT molecular complexity index is 1060. The number of fused-ring (bicyclic) bond motifs is 1. The van der Waals surface area contributed by atoms with Gasteiger partial charge in [0.2, 0.25) is 5.95 Å². The summed E-state index contributed by atoms with van der Waals surface area (Å²) in [4.78, 5) is 21.4. The van der Waals surface area contributed by atoms with E-state index in [1.807, 2.05) is 39.0 Å². The summed E-state index contributed by atoms with van der Waals surface area (Å²) in [5.74, 6) is 0.630. The number of halogens is 1. The molecule has 1 aromatic heterocycles. The number of imidazole rings is 1. The molecule has 1 saturated heterocycles. The number of para-hydroxylation sites is 2. The van der Waals surface area contributed by atoms with Crippen molar-refractivity contribution in [2.45, 2.75) is 39.3 Å². The van der Waals surface area contributed by atoms with Crippen LogP contribution in [0.3, 0.4) is 0 Å². The van der Waals surface area contributed by atoms with Crippen LogP contribution in [-0.2, 0) is 11.3 Å². The molecule has 2 heterocycles. The lowest BCUT2D eigenvalue weighted by Crippen LogP contribution is -2.39. The first kappa shape index (κ1) is 21.2. The number of aromatic nitrogens is 2. The topological polar surface area (TPSA) is 50.6 Å². The molecule has 31 heavy (non-hydrogen) atoms. The van der Waals surface area contributed by atoms with Gasteiger partial charge in [-0.15, -0.1) is 0 Å². The van der Waals surface area contributed by atoms with Gasteiger partial charge in [0, 0.05) is 26.2 Å². The largest absolute Gasteiger partial charge is 0.444 e. The van der Waals surface area contributed by atoms with Crippen LogP contribution in [0.5, 0.6) is 0 Å². The van der Waals surface area contributed by atoms with Gasteiger partial charge in [0.25, 0.3) is 0 Å². The van der Waals surface area contributed by atoms with Gasteiger partial charge in [0.1, 0.15) is 11.4 Å². The molecule has 1 aliphatic rings. The highest BCUT2D eigenvalue weighted by molar-refractivity contribution is 5.79. The summed E-state index contributed by atoms with van der Waals surface area (Å²) in [5, 5.41) is 0. The summed E-state index contributed by atoms with van der Waals surface area (Å²) in [6, 6.07) is 14.6. The Hall–Kier alpha value is -3.09. The van der Waals surface area contributed by atoms with Crippen LogP contribution in [0, 0.1) is 5.82 Å². The molecule has 0 N–H and O–H groups in total. The van der Waals surface area contributed by atoms with Gasteiger partial charge in [-0.2, -0.15) is 0 Å². The summed E-state index contributed by atoms with van der Waals surface area (Å²) < 4.78 is 21.1. The van der Waals surface area contributed by atoms with Crippen molar-refractivity contribution in [2.75, 3.05) is 31.1 Å². The molecule has 1 fully saturated rings. The van der Waals surface area contributed by atoms with E-state index in [9.17, 15) is 9.18 Å². The average molecular weight is 425 g/mol. The predicted molar refractivity (Wildman–Crippen MR) is 120 cm³/mol. The van der Waals surface area contributed by atoms with Crippen molar-refractivity contribution in [1.29, 1.82) is 0 Å². The third kappa shape index (κ3) is 4.98. The first-order chi connectivity index (χ1) is 14.8. The SMILES string of the molecule is CC(C)(C)OC(=O)N1CCCN(c2nc3ccccc3n2Cc2ccc(F)cc2)CC1. The van der Waals surface area contributed by atoms with Crippen molar-refractivity contribution in [3.63, 3.8) is 0 Å². The monoisotopic (exact) mass is 424 g/mol. The van der Waals surface area contributed by atoms with Crippen molar-refractivity contribution in [1.82, 2.24) is 14.5 Å². The van der Waals surface area contributed by atoms with Crippen LogP contribution in [0.2, 0.25) is 0 Å². The lowest BCUT2D eigenvalue weighted by molar-refractivity contribution is 0.0263.